The van der Waals surface area contributed by atoms with E-state index >= 15 is 0 Å². The molecular weight excluding hydrogens is 226 g/mol. The Balaban J connectivity index is 2.39. The van der Waals surface area contributed by atoms with Crippen molar-refractivity contribution in [1.82, 2.24) is 15.2 Å². The third-order valence-corrected chi connectivity index (χ3v) is 3.47. The van der Waals surface area contributed by atoms with Crippen molar-refractivity contribution in [2.45, 2.75) is 44.6 Å². The number of hydrogen-bond donors (Lipinski definition) is 2. The van der Waals surface area contributed by atoms with Gasteiger partial charge in [-0.25, -0.2) is 10.8 Å². The highest BCUT2D eigenvalue weighted by Gasteiger charge is 2.14. The molecule has 0 aliphatic heterocycles. The molecule has 5 nitrogen and oxygen atoms in total. The van der Waals surface area contributed by atoms with Crippen LogP contribution in [0.25, 0.3) is 0 Å². The third-order valence-electron chi connectivity index (χ3n) is 3.47. The van der Waals surface area contributed by atoms with E-state index in [9.17, 15) is 0 Å². The molecule has 0 aromatic rings. The molecule has 1 aliphatic rings. The van der Waals surface area contributed by atoms with Crippen LogP contribution in [0.4, 0.5) is 0 Å². The molecule has 0 heterocycles. The Hall–Kier alpha value is -0.810. The van der Waals surface area contributed by atoms with Gasteiger partial charge < -0.3 is 9.80 Å². The molecule has 0 radical (unpaired) electrons. The maximum absolute atomic E-state index is 5.59. The number of hydrogen-bond acceptors (Lipinski definition) is 3. The summed E-state index contributed by atoms with van der Waals surface area (Å²) in [5.74, 6) is 6.42. The molecule has 0 atom stereocenters. The van der Waals surface area contributed by atoms with E-state index in [-0.39, 0.29) is 0 Å². The molecule has 18 heavy (non-hydrogen) atoms. The average molecular weight is 255 g/mol. The summed E-state index contributed by atoms with van der Waals surface area (Å²) in [4.78, 5) is 9.06. The number of nitrogens with one attached hydrogen (secondary N) is 1. The number of hydrazine groups is 1. The van der Waals surface area contributed by atoms with Crippen LogP contribution in [0.2, 0.25) is 0 Å². The van der Waals surface area contributed by atoms with Crippen molar-refractivity contribution in [3.05, 3.63) is 0 Å². The highest BCUT2D eigenvalue weighted by atomic mass is 15.4. The van der Waals surface area contributed by atoms with Gasteiger partial charge in [0.05, 0.1) is 6.04 Å². The fraction of sp³-hybridized carbons (Fsp3) is 0.923. The second kappa shape index (κ2) is 8.32. The van der Waals surface area contributed by atoms with Gasteiger partial charge in [0, 0.05) is 13.6 Å². The zero-order valence-corrected chi connectivity index (χ0v) is 12.2. The molecule has 0 aromatic heterocycles. The van der Waals surface area contributed by atoms with Crippen molar-refractivity contribution < 1.29 is 0 Å². The summed E-state index contributed by atoms with van der Waals surface area (Å²) in [5, 5.41) is 0. The van der Waals surface area contributed by atoms with E-state index in [1.54, 1.807) is 0 Å². The number of guanidine groups is 1. The molecular formula is C13H29N5. The lowest BCUT2D eigenvalue weighted by Gasteiger charge is -2.25. The van der Waals surface area contributed by atoms with Crippen molar-refractivity contribution in [3.63, 3.8) is 0 Å². The molecule has 0 unspecified atom stereocenters. The molecule has 0 spiro atoms. The van der Waals surface area contributed by atoms with Crippen LogP contribution in [-0.2, 0) is 0 Å². The van der Waals surface area contributed by atoms with Gasteiger partial charge >= 0.3 is 0 Å². The fourth-order valence-corrected chi connectivity index (χ4v) is 2.36. The Kier molecular flexibility index (Phi) is 7.05. The fourth-order valence-electron chi connectivity index (χ4n) is 2.36. The summed E-state index contributed by atoms with van der Waals surface area (Å²) >= 11 is 0. The minimum absolute atomic E-state index is 0.459. The smallest absolute Gasteiger partial charge is 0.208 e. The van der Waals surface area contributed by atoms with Crippen LogP contribution in [0.1, 0.15) is 38.5 Å². The van der Waals surface area contributed by atoms with Gasteiger partial charge in [0.2, 0.25) is 5.96 Å². The van der Waals surface area contributed by atoms with E-state index in [0.717, 1.165) is 25.5 Å². The molecule has 0 bridgehead atoms. The third kappa shape index (κ3) is 5.69. The molecule has 1 fully saturated rings. The minimum atomic E-state index is 0.459. The van der Waals surface area contributed by atoms with E-state index in [2.05, 4.69) is 36.4 Å². The van der Waals surface area contributed by atoms with Gasteiger partial charge in [0.25, 0.3) is 0 Å². The van der Waals surface area contributed by atoms with Crippen LogP contribution in [0.3, 0.4) is 0 Å². The summed E-state index contributed by atoms with van der Waals surface area (Å²) in [6, 6.07) is 0.459. The molecule has 106 valence electrons. The van der Waals surface area contributed by atoms with Crippen LogP contribution >= 0.6 is 0 Å². The van der Waals surface area contributed by atoms with Gasteiger partial charge in [0.1, 0.15) is 0 Å². The highest BCUT2D eigenvalue weighted by Crippen LogP contribution is 2.20. The number of nitrogens with two attached hydrogens (primary N) is 1. The van der Waals surface area contributed by atoms with Crippen molar-refractivity contribution in [2.24, 2.45) is 10.8 Å². The van der Waals surface area contributed by atoms with Crippen molar-refractivity contribution in [2.75, 3.05) is 34.2 Å². The van der Waals surface area contributed by atoms with Crippen LogP contribution < -0.4 is 11.3 Å². The lowest BCUT2D eigenvalue weighted by atomic mass is 9.96. The molecule has 5 heteroatoms. The van der Waals surface area contributed by atoms with E-state index in [1.165, 1.54) is 32.1 Å². The van der Waals surface area contributed by atoms with E-state index in [4.69, 9.17) is 10.8 Å². The van der Waals surface area contributed by atoms with E-state index < -0.39 is 0 Å². The zero-order chi connectivity index (χ0) is 13.4. The summed E-state index contributed by atoms with van der Waals surface area (Å²) in [6.45, 7) is 2.07. The Morgan fingerprint density at radius 3 is 2.39 bits per heavy atom. The minimum Gasteiger partial charge on any atom is -0.345 e. The van der Waals surface area contributed by atoms with E-state index in [0.29, 0.717) is 6.04 Å². The van der Waals surface area contributed by atoms with Gasteiger partial charge in [-0.05, 0) is 39.9 Å². The maximum Gasteiger partial charge on any atom is 0.208 e. The molecule has 0 saturated heterocycles. The maximum atomic E-state index is 5.59. The van der Waals surface area contributed by atoms with Crippen molar-refractivity contribution in [1.29, 1.82) is 0 Å². The zero-order valence-electron chi connectivity index (χ0n) is 12.2. The van der Waals surface area contributed by atoms with Gasteiger partial charge in [0.15, 0.2) is 0 Å². The van der Waals surface area contributed by atoms with Crippen LogP contribution in [-0.4, -0.2) is 56.0 Å². The standard InChI is InChI=1S/C13H29N5/c1-17(2)10-7-11-18(3)13(16-14)15-12-8-5-4-6-9-12/h12H,4-11,14H2,1-3H3,(H,15,16). The number of aliphatic imine (C=N–C) groups is 1. The molecule has 0 amide bonds. The predicted molar refractivity (Wildman–Crippen MR) is 77.4 cm³/mol. The molecule has 1 aliphatic carbocycles. The van der Waals surface area contributed by atoms with Gasteiger partial charge in [-0.3, -0.25) is 5.43 Å². The number of rotatable bonds is 5. The van der Waals surface area contributed by atoms with Crippen molar-refractivity contribution >= 4 is 5.96 Å². The van der Waals surface area contributed by atoms with Gasteiger partial charge in [-0.2, -0.15) is 0 Å². The summed E-state index contributed by atoms with van der Waals surface area (Å²) < 4.78 is 0. The predicted octanol–water partition coefficient (Wildman–Crippen LogP) is 1.02. The highest BCUT2D eigenvalue weighted by molar-refractivity contribution is 5.79. The Bertz CT molecular complexity index is 246. The van der Waals surface area contributed by atoms with Crippen LogP contribution in [0.15, 0.2) is 4.99 Å². The quantitative estimate of drug-likeness (QED) is 0.333. The van der Waals surface area contributed by atoms with Crippen LogP contribution in [0.5, 0.6) is 0 Å². The Morgan fingerprint density at radius 2 is 1.83 bits per heavy atom. The summed E-state index contributed by atoms with van der Waals surface area (Å²) in [7, 11) is 6.24. The molecule has 0 aromatic carbocycles. The molecule has 3 N–H and O–H groups in total. The topological polar surface area (TPSA) is 56.9 Å². The Labute approximate surface area is 111 Å². The average Bonchev–Trinajstić information content (AvgIpc) is 2.36. The first-order valence-electron chi connectivity index (χ1n) is 7.03. The van der Waals surface area contributed by atoms with Gasteiger partial charge in [-0.1, -0.05) is 19.3 Å². The molecule has 1 rings (SSSR count). The van der Waals surface area contributed by atoms with Gasteiger partial charge in [-0.15, -0.1) is 0 Å². The number of nitrogens with zero attached hydrogens (tertiary/aromatic N) is 3. The van der Waals surface area contributed by atoms with E-state index in [1.807, 2.05) is 0 Å². The largest absolute Gasteiger partial charge is 0.345 e. The van der Waals surface area contributed by atoms with Crippen LogP contribution in [0, 0.1) is 0 Å². The Morgan fingerprint density at radius 1 is 1.17 bits per heavy atom. The normalized spacial score (nSPS) is 18.2. The first-order chi connectivity index (χ1) is 8.63. The second-order valence-corrected chi connectivity index (χ2v) is 5.47. The summed E-state index contributed by atoms with van der Waals surface area (Å²) in [6.07, 6.45) is 7.49. The molecule has 1 saturated carbocycles. The lowest BCUT2D eigenvalue weighted by Crippen LogP contribution is -2.44. The summed E-state index contributed by atoms with van der Waals surface area (Å²) in [5.41, 5.74) is 2.75. The monoisotopic (exact) mass is 255 g/mol. The van der Waals surface area contributed by atoms with Crippen molar-refractivity contribution in [3.8, 4) is 0 Å². The first-order valence-corrected chi connectivity index (χ1v) is 7.03. The lowest BCUT2D eigenvalue weighted by molar-refractivity contribution is 0.363. The second-order valence-electron chi connectivity index (χ2n) is 5.47. The first kappa shape index (κ1) is 15.2. The SMILES string of the molecule is CN(C)CCCN(C)C(=NC1CCCCC1)NN.